The van der Waals surface area contributed by atoms with E-state index in [0.717, 1.165) is 19.9 Å². The molecule has 0 aliphatic carbocycles. The molecule has 12 heteroatoms. The van der Waals surface area contributed by atoms with Crippen LogP contribution in [0.2, 0.25) is 10.0 Å². The van der Waals surface area contributed by atoms with Crippen LogP contribution >= 0.6 is 35.0 Å². The van der Waals surface area contributed by atoms with E-state index in [2.05, 4.69) is 10.3 Å². The molecule has 1 heterocycles. The third-order valence-electron chi connectivity index (χ3n) is 4.10. The molecule has 0 fully saturated rings. The lowest BCUT2D eigenvalue weighted by Crippen LogP contribution is -2.48. The summed E-state index contributed by atoms with van der Waals surface area (Å²) >= 11 is 13.3. The molecule has 1 amide bonds. The van der Waals surface area contributed by atoms with Crippen molar-refractivity contribution in [2.24, 2.45) is 0 Å². The number of nitrogens with one attached hydrogen (secondary N) is 1. The minimum Gasteiger partial charge on any atom is -0.354 e. The van der Waals surface area contributed by atoms with Gasteiger partial charge in [0.15, 0.2) is 9.77 Å². The van der Waals surface area contributed by atoms with Crippen molar-refractivity contribution in [1.29, 1.82) is 0 Å². The Bertz CT molecular complexity index is 1030. The lowest BCUT2D eigenvalue weighted by Gasteiger charge is -2.23. The van der Waals surface area contributed by atoms with Crippen molar-refractivity contribution in [3.8, 4) is 0 Å². The Kier molecular flexibility index (Phi) is 7.71. The van der Waals surface area contributed by atoms with Gasteiger partial charge in [-0.3, -0.25) is 4.79 Å². The Morgan fingerprint density at radius 1 is 1.17 bits per heavy atom. The molecule has 0 unspecified atom stereocenters. The Morgan fingerprint density at radius 3 is 2.40 bits per heavy atom. The van der Waals surface area contributed by atoms with Crippen LogP contribution in [0.15, 0.2) is 46.5 Å². The van der Waals surface area contributed by atoms with Crippen LogP contribution in [0, 0.1) is 0 Å². The number of amides is 1. The first-order chi connectivity index (χ1) is 13.8. The van der Waals surface area contributed by atoms with Crippen LogP contribution in [0.4, 0.5) is 13.2 Å². The molecular weight excluding hydrogens is 484 g/mol. The maximum absolute atomic E-state index is 12.8. The summed E-state index contributed by atoms with van der Waals surface area (Å²) in [5.41, 5.74) is -1.08. The lowest BCUT2D eigenvalue weighted by molar-refractivity contribution is -0.137. The molecule has 2 rings (SSSR count). The summed E-state index contributed by atoms with van der Waals surface area (Å²) < 4.78 is 61.5. The minimum atomic E-state index is -4.65. The summed E-state index contributed by atoms with van der Waals surface area (Å²) in [7, 11) is -4.34. The van der Waals surface area contributed by atoms with E-state index in [1.807, 2.05) is 0 Å². The van der Waals surface area contributed by atoms with Gasteiger partial charge in [0, 0.05) is 28.4 Å². The molecule has 0 bridgehead atoms. The molecule has 0 spiro atoms. The predicted molar refractivity (Wildman–Crippen MR) is 111 cm³/mol. The highest BCUT2D eigenvalue weighted by atomic mass is 35.5. The van der Waals surface area contributed by atoms with Crippen molar-refractivity contribution in [3.63, 3.8) is 0 Å². The minimum absolute atomic E-state index is 0.131. The van der Waals surface area contributed by atoms with Gasteiger partial charge in [-0.25, -0.2) is 13.4 Å². The number of aromatic nitrogens is 1. The average molecular weight is 501 g/mol. The molecule has 0 saturated carbocycles. The number of nitrogens with zero attached hydrogens (tertiary/aromatic N) is 1. The number of alkyl halides is 3. The van der Waals surface area contributed by atoms with E-state index in [-0.39, 0.29) is 6.54 Å². The number of pyridine rings is 1. The first kappa shape index (κ1) is 24.8. The first-order valence-corrected chi connectivity index (χ1v) is 11.6. The van der Waals surface area contributed by atoms with Gasteiger partial charge in [-0.1, -0.05) is 23.2 Å². The quantitative estimate of drug-likeness (QED) is 0.433. The van der Waals surface area contributed by atoms with E-state index in [1.165, 1.54) is 11.8 Å². The Labute approximate surface area is 186 Å². The van der Waals surface area contributed by atoms with Gasteiger partial charge in [0.05, 0.1) is 10.6 Å². The molecule has 2 aromatic rings. The van der Waals surface area contributed by atoms with Crippen LogP contribution in [0.3, 0.4) is 0 Å². The van der Waals surface area contributed by atoms with Gasteiger partial charge in [0.25, 0.3) is 0 Å². The standard InChI is InChI=1S/C18H17Cl2F3N2O3S2/c1-17(2,30(27,28)15-6-3-11(10-25-15)18(21,22)23)16(26)24-7-8-29-14-9-12(19)4-5-13(14)20/h3-6,9-10H,7-8H2,1-2H3,(H,24,26). The van der Waals surface area contributed by atoms with Crippen LogP contribution in [-0.2, 0) is 20.8 Å². The van der Waals surface area contributed by atoms with Gasteiger partial charge in [-0.15, -0.1) is 11.8 Å². The zero-order valence-electron chi connectivity index (χ0n) is 15.8. The van der Waals surface area contributed by atoms with Crippen LogP contribution in [0.1, 0.15) is 19.4 Å². The van der Waals surface area contributed by atoms with Crippen molar-refractivity contribution in [2.75, 3.05) is 12.3 Å². The van der Waals surface area contributed by atoms with Crippen molar-refractivity contribution in [1.82, 2.24) is 10.3 Å². The zero-order chi connectivity index (χ0) is 22.7. The highest BCUT2D eigenvalue weighted by Gasteiger charge is 2.44. The largest absolute Gasteiger partial charge is 0.417 e. The summed E-state index contributed by atoms with van der Waals surface area (Å²) in [6.45, 7) is 2.46. The highest BCUT2D eigenvalue weighted by molar-refractivity contribution is 7.99. The van der Waals surface area contributed by atoms with Gasteiger partial charge in [0.2, 0.25) is 15.7 Å². The maximum atomic E-state index is 12.8. The van der Waals surface area contributed by atoms with Gasteiger partial charge >= 0.3 is 6.18 Å². The summed E-state index contributed by atoms with van der Waals surface area (Å²) in [4.78, 5) is 16.6. The van der Waals surface area contributed by atoms with E-state index in [4.69, 9.17) is 23.2 Å². The number of sulfone groups is 1. The Balaban J connectivity index is 2.04. The molecule has 5 nitrogen and oxygen atoms in total. The molecule has 0 aliphatic rings. The van der Waals surface area contributed by atoms with E-state index in [0.29, 0.717) is 33.0 Å². The molecule has 1 aromatic carbocycles. The molecule has 164 valence electrons. The number of benzene rings is 1. The zero-order valence-corrected chi connectivity index (χ0v) is 18.9. The Hall–Kier alpha value is -1.49. The van der Waals surface area contributed by atoms with Crippen molar-refractivity contribution in [2.45, 2.75) is 34.7 Å². The number of thioether (sulfide) groups is 1. The topological polar surface area (TPSA) is 76.1 Å². The number of carbonyl (C=O) groups excluding carboxylic acids is 1. The summed E-state index contributed by atoms with van der Waals surface area (Å²) in [6.07, 6.45) is -4.22. The van der Waals surface area contributed by atoms with Crippen molar-refractivity contribution < 1.29 is 26.4 Å². The summed E-state index contributed by atoms with van der Waals surface area (Å²) in [6, 6.07) is 6.29. The normalized spacial score (nSPS) is 12.6. The van der Waals surface area contributed by atoms with Crippen LogP contribution < -0.4 is 5.32 Å². The monoisotopic (exact) mass is 500 g/mol. The lowest BCUT2D eigenvalue weighted by atomic mass is 10.2. The van der Waals surface area contributed by atoms with E-state index >= 15 is 0 Å². The molecular formula is C18H17Cl2F3N2O3S2. The third kappa shape index (κ3) is 5.60. The van der Waals surface area contributed by atoms with E-state index in [9.17, 15) is 26.4 Å². The van der Waals surface area contributed by atoms with E-state index in [1.54, 1.807) is 18.2 Å². The molecule has 0 radical (unpaired) electrons. The first-order valence-electron chi connectivity index (χ1n) is 8.41. The Morgan fingerprint density at radius 2 is 1.83 bits per heavy atom. The summed E-state index contributed by atoms with van der Waals surface area (Å²) in [5.74, 6) is -0.414. The average Bonchev–Trinajstić information content (AvgIpc) is 2.66. The number of carbonyl (C=O) groups is 1. The second-order valence-electron chi connectivity index (χ2n) is 6.58. The van der Waals surface area contributed by atoms with Gasteiger partial charge in [-0.05, 0) is 44.2 Å². The van der Waals surface area contributed by atoms with E-state index < -0.39 is 37.3 Å². The van der Waals surface area contributed by atoms with Crippen molar-refractivity contribution >= 4 is 50.7 Å². The predicted octanol–water partition coefficient (Wildman–Crippen LogP) is 4.87. The molecule has 30 heavy (non-hydrogen) atoms. The molecule has 0 saturated heterocycles. The SMILES string of the molecule is CC(C)(C(=O)NCCSc1cc(Cl)ccc1Cl)S(=O)(=O)c1ccc(C(F)(F)F)cn1. The maximum Gasteiger partial charge on any atom is 0.417 e. The number of rotatable bonds is 7. The molecule has 0 atom stereocenters. The highest BCUT2D eigenvalue weighted by Crippen LogP contribution is 2.31. The summed E-state index contributed by atoms with van der Waals surface area (Å²) in [5, 5.41) is 2.90. The van der Waals surface area contributed by atoms with Gasteiger partial charge in [-0.2, -0.15) is 13.2 Å². The second-order valence-corrected chi connectivity index (χ2v) is 11.0. The fourth-order valence-corrected chi connectivity index (χ4v) is 4.85. The third-order valence-corrected chi connectivity index (χ3v) is 8.15. The number of hydrogen-bond donors (Lipinski definition) is 1. The molecule has 0 aliphatic heterocycles. The fraction of sp³-hybridized carbons (Fsp3) is 0.333. The van der Waals surface area contributed by atoms with Crippen LogP contribution in [-0.4, -0.2) is 36.4 Å². The fourth-order valence-electron chi connectivity index (χ4n) is 2.22. The second kappa shape index (κ2) is 9.33. The smallest absolute Gasteiger partial charge is 0.354 e. The molecule has 1 N–H and O–H groups in total. The van der Waals surface area contributed by atoms with Crippen molar-refractivity contribution in [3.05, 3.63) is 52.1 Å². The van der Waals surface area contributed by atoms with Gasteiger partial charge < -0.3 is 5.32 Å². The van der Waals surface area contributed by atoms with Crippen LogP contribution in [0.25, 0.3) is 0 Å². The number of halogens is 5. The number of hydrogen-bond acceptors (Lipinski definition) is 5. The molecule has 1 aromatic heterocycles. The van der Waals surface area contributed by atoms with Crippen LogP contribution in [0.5, 0.6) is 0 Å². The van der Waals surface area contributed by atoms with Gasteiger partial charge in [0.1, 0.15) is 0 Å².